The van der Waals surface area contributed by atoms with E-state index in [2.05, 4.69) is 10.1 Å². The van der Waals surface area contributed by atoms with Crippen molar-refractivity contribution in [2.24, 2.45) is 0 Å². The summed E-state index contributed by atoms with van der Waals surface area (Å²) in [4.78, 5) is 25.0. The molecule has 0 spiro atoms. The number of amides is 1. The highest BCUT2D eigenvalue weighted by Crippen LogP contribution is 2.13. The second-order valence-electron chi connectivity index (χ2n) is 4.63. The molecule has 0 fully saturated rings. The number of hydrogen-bond donors (Lipinski definition) is 1. The molecule has 5 nitrogen and oxygen atoms in total. The highest BCUT2D eigenvalue weighted by molar-refractivity contribution is 6.30. The summed E-state index contributed by atoms with van der Waals surface area (Å²) in [6.07, 6.45) is 0. The molecule has 0 bridgehead atoms. The summed E-state index contributed by atoms with van der Waals surface area (Å²) >= 11 is 5.78. The number of halogens is 1. The summed E-state index contributed by atoms with van der Waals surface area (Å²) in [6.45, 7) is 4.04. The van der Waals surface area contributed by atoms with Crippen LogP contribution in [-0.4, -0.2) is 43.0 Å². The van der Waals surface area contributed by atoms with E-state index in [-0.39, 0.29) is 31.0 Å². The first-order valence-corrected chi connectivity index (χ1v) is 6.66. The van der Waals surface area contributed by atoms with Crippen molar-refractivity contribution in [3.05, 3.63) is 29.3 Å². The Bertz CT molecular complexity index is 460. The number of anilines is 1. The Kier molecular flexibility index (Phi) is 6.48. The van der Waals surface area contributed by atoms with Gasteiger partial charge in [-0.3, -0.25) is 14.5 Å². The smallest absolute Gasteiger partial charge is 0.319 e. The number of rotatable bonds is 6. The molecular formula is C14H19ClN2O3. The standard InChI is InChI=1S/C14H19ClN2O3/c1-10(2)17(9-14(19)20-3)8-13(18)16-12-6-4-11(15)5-7-12/h4-7,10H,8-9H2,1-3H3,(H,16,18). The highest BCUT2D eigenvalue weighted by atomic mass is 35.5. The van der Waals surface area contributed by atoms with E-state index < -0.39 is 0 Å². The number of nitrogens with zero attached hydrogens (tertiary/aromatic N) is 1. The minimum absolute atomic E-state index is 0.0602. The van der Waals surface area contributed by atoms with Gasteiger partial charge in [-0.15, -0.1) is 0 Å². The number of esters is 1. The molecule has 1 amide bonds. The molecule has 0 radical (unpaired) electrons. The van der Waals surface area contributed by atoms with Crippen molar-refractivity contribution in [1.29, 1.82) is 0 Å². The van der Waals surface area contributed by atoms with Gasteiger partial charge in [-0.05, 0) is 38.1 Å². The fourth-order valence-electron chi connectivity index (χ4n) is 1.57. The van der Waals surface area contributed by atoms with Gasteiger partial charge in [0.25, 0.3) is 0 Å². The largest absolute Gasteiger partial charge is 0.468 e. The van der Waals surface area contributed by atoms with E-state index in [1.807, 2.05) is 13.8 Å². The average Bonchev–Trinajstić information content (AvgIpc) is 2.40. The van der Waals surface area contributed by atoms with Crippen LogP contribution in [-0.2, 0) is 14.3 Å². The molecule has 0 saturated carbocycles. The van der Waals surface area contributed by atoms with Crippen LogP contribution in [0, 0.1) is 0 Å². The minimum Gasteiger partial charge on any atom is -0.468 e. The minimum atomic E-state index is -0.363. The molecule has 0 aliphatic heterocycles. The number of methoxy groups -OCH3 is 1. The third kappa shape index (κ3) is 5.59. The van der Waals surface area contributed by atoms with E-state index in [9.17, 15) is 9.59 Å². The van der Waals surface area contributed by atoms with E-state index in [0.29, 0.717) is 10.7 Å². The van der Waals surface area contributed by atoms with Crippen LogP contribution in [0.15, 0.2) is 24.3 Å². The topological polar surface area (TPSA) is 58.6 Å². The van der Waals surface area contributed by atoms with E-state index in [1.54, 1.807) is 29.2 Å². The lowest BCUT2D eigenvalue weighted by atomic mass is 10.3. The lowest BCUT2D eigenvalue weighted by Gasteiger charge is -2.24. The summed E-state index contributed by atoms with van der Waals surface area (Å²) < 4.78 is 4.62. The number of nitrogens with one attached hydrogen (secondary N) is 1. The number of carbonyl (C=O) groups excluding carboxylic acids is 2. The van der Waals surface area contributed by atoms with Crippen LogP contribution in [0.1, 0.15) is 13.8 Å². The number of hydrogen-bond acceptors (Lipinski definition) is 4. The molecule has 0 atom stereocenters. The van der Waals surface area contributed by atoms with Crippen molar-refractivity contribution in [2.45, 2.75) is 19.9 Å². The van der Waals surface area contributed by atoms with Gasteiger partial charge in [-0.2, -0.15) is 0 Å². The molecule has 0 aliphatic rings. The first-order chi connectivity index (χ1) is 9.42. The SMILES string of the molecule is COC(=O)CN(CC(=O)Nc1ccc(Cl)cc1)C(C)C. The van der Waals surface area contributed by atoms with Gasteiger partial charge < -0.3 is 10.1 Å². The molecular weight excluding hydrogens is 280 g/mol. The summed E-state index contributed by atoms with van der Waals surface area (Å²) in [5.74, 6) is -0.553. The summed E-state index contributed by atoms with van der Waals surface area (Å²) in [5.41, 5.74) is 0.668. The molecule has 20 heavy (non-hydrogen) atoms. The predicted octanol–water partition coefficient (Wildman–Crippen LogP) is 2.16. The van der Waals surface area contributed by atoms with Crippen LogP contribution in [0.3, 0.4) is 0 Å². The van der Waals surface area contributed by atoms with Crippen LogP contribution in [0.25, 0.3) is 0 Å². The van der Waals surface area contributed by atoms with Crippen LogP contribution in [0.2, 0.25) is 5.02 Å². The Labute approximate surface area is 123 Å². The number of carbonyl (C=O) groups is 2. The van der Waals surface area contributed by atoms with Crippen LogP contribution in [0.5, 0.6) is 0 Å². The van der Waals surface area contributed by atoms with E-state index >= 15 is 0 Å². The Morgan fingerprint density at radius 1 is 1.25 bits per heavy atom. The van der Waals surface area contributed by atoms with E-state index in [1.165, 1.54) is 7.11 Å². The summed E-state index contributed by atoms with van der Waals surface area (Å²) in [5, 5.41) is 3.36. The van der Waals surface area contributed by atoms with Crippen molar-refractivity contribution in [1.82, 2.24) is 4.90 Å². The van der Waals surface area contributed by atoms with Gasteiger partial charge in [-0.1, -0.05) is 11.6 Å². The first-order valence-electron chi connectivity index (χ1n) is 6.28. The fraction of sp³-hybridized carbons (Fsp3) is 0.429. The Morgan fingerprint density at radius 2 is 1.85 bits per heavy atom. The molecule has 110 valence electrons. The Hall–Kier alpha value is -1.59. The zero-order valence-electron chi connectivity index (χ0n) is 11.9. The fourth-order valence-corrected chi connectivity index (χ4v) is 1.70. The molecule has 0 aliphatic carbocycles. The highest BCUT2D eigenvalue weighted by Gasteiger charge is 2.17. The third-order valence-electron chi connectivity index (χ3n) is 2.76. The van der Waals surface area contributed by atoms with Gasteiger partial charge in [0.2, 0.25) is 5.91 Å². The zero-order chi connectivity index (χ0) is 15.1. The summed E-state index contributed by atoms with van der Waals surface area (Å²) in [7, 11) is 1.33. The molecule has 1 aromatic rings. The lowest BCUT2D eigenvalue weighted by molar-refractivity contribution is -0.142. The number of ether oxygens (including phenoxy) is 1. The molecule has 6 heteroatoms. The Morgan fingerprint density at radius 3 is 2.35 bits per heavy atom. The van der Waals surface area contributed by atoms with Gasteiger partial charge >= 0.3 is 5.97 Å². The monoisotopic (exact) mass is 298 g/mol. The quantitative estimate of drug-likeness (QED) is 0.818. The summed E-state index contributed by atoms with van der Waals surface area (Å²) in [6, 6.07) is 6.91. The molecule has 0 heterocycles. The first kappa shape index (κ1) is 16.5. The predicted molar refractivity (Wildman–Crippen MR) is 78.8 cm³/mol. The Balaban J connectivity index is 2.57. The van der Waals surface area contributed by atoms with Crippen molar-refractivity contribution in [3.63, 3.8) is 0 Å². The maximum absolute atomic E-state index is 11.9. The van der Waals surface area contributed by atoms with Crippen molar-refractivity contribution < 1.29 is 14.3 Å². The van der Waals surface area contributed by atoms with Crippen LogP contribution < -0.4 is 5.32 Å². The van der Waals surface area contributed by atoms with Gasteiger partial charge in [0, 0.05) is 16.8 Å². The average molecular weight is 299 g/mol. The maximum Gasteiger partial charge on any atom is 0.319 e. The van der Waals surface area contributed by atoms with Crippen LogP contribution >= 0.6 is 11.6 Å². The van der Waals surface area contributed by atoms with Crippen molar-refractivity contribution in [2.75, 3.05) is 25.5 Å². The van der Waals surface area contributed by atoms with Gasteiger partial charge in [0.05, 0.1) is 20.2 Å². The maximum atomic E-state index is 11.9. The van der Waals surface area contributed by atoms with Crippen molar-refractivity contribution >= 4 is 29.2 Å². The molecule has 0 unspecified atom stereocenters. The molecule has 0 aromatic heterocycles. The third-order valence-corrected chi connectivity index (χ3v) is 3.02. The second-order valence-corrected chi connectivity index (χ2v) is 5.07. The normalized spacial score (nSPS) is 10.7. The molecule has 1 aromatic carbocycles. The lowest BCUT2D eigenvalue weighted by Crippen LogP contribution is -2.41. The van der Waals surface area contributed by atoms with Gasteiger partial charge in [0.15, 0.2) is 0 Å². The van der Waals surface area contributed by atoms with Crippen LogP contribution in [0.4, 0.5) is 5.69 Å². The second kappa shape index (κ2) is 7.87. The van der Waals surface area contributed by atoms with Gasteiger partial charge in [0.1, 0.15) is 0 Å². The zero-order valence-corrected chi connectivity index (χ0v) is 12.6. The van der Waals surface area contributed by atoms with Gasteiger partial charge in [-0.25, -0.2) is 0 Å². The van der Waals surface area contributed by atoms with E-state index in [4.69, 9.17) is 11.6 Å². The molecule has 1 rings (SSSR count). The number of benzene rings is 1. The molecule has 0 saturated heterocycles. The molecule has 1 N–H and O–H groups in total. The van der Waals surface area contributed by atoms with Crippen molar-refractivity contribution in [3.8, 4) is 0 Å². The van der Waals surface area contributed by atoms with E-state index in [0.717, 1.165) is 0 Å².